The number of nitrogens with one attached hydrogen (secondary N) is 1. The maximum atomic E-state index is 11.5. The Morgan fingerprint density at radius 3 is 2.12 bits per heavy atom. The Bertz CT molecular complexity index is 303. The zero-order chi connectivity index (χ0) is 13.6. The van der Waals surface area contributed by atoms with Crippen LogP contribution >= 0.6 is 0 Å². The number of carbonyl (C=O) groups excluding carboxylic acids is 1. The quantitative estimate of drug-likeness (QED) is 0.474. The van der Waals surface area contributed by atoms with Crippen LogP contribution in [0.1, 0.15) is 26.7 Å². The largest absolute Gasteiger partial charge is 0.481 e. The zero-order valence-electron chi connectivity index (χ0n) is 9.84. The van der Waals surface area contributed by atoms with Gasteiger partial charge >= 0.3 is 11.9 Å². The standard InChI is InChI=1S/C10H18N2O5/c1-5(2)8(11)9(15)12-6(10(16)17)3-4-7(13)14/h5-6,8H,3-4,11H2,1-2H3,(H,12,15)(H,13,14)(H,16,17)/t6?,8-/m1/s1. The summed E-state index contributed by atoms with van der Waals surface area (Å²) in [6, 6.07) is -2.02. The zero-order valence-corrected chi connectivity index (χ0v) is 9.84. The summed E-state index contributed by atoms with van der Waals surface area (Å²) in [7, 11) is 0. The molecule has 0 bridgehead atoms. The Labute approximate surface area is 99.0 Å². The van der Waals surface area contributed by atoms with Crippen LogP contribution in [0.4, 0.5) is 0 Å². The first-order chi connectivity index (χ1) is 7.75. The molecule has 17 heavy (non-hydrogen) atoms. The monoisotopic (exact) mass is 246 g/mol. The highest BCUT2D eigenvalue weighted by atomic mass is 16.4. The van der Waals surface area contributed by atoms with Gasteiger partial charge in [-0.3, -0.25) is 9.59 Å². The van der Waals surface area contributed by atoms with E-state index < -0.39 is 29.9 Å². The molecule has 0 aliphatic heterocycles. The van der Waals surface area contributed by atoms with Crippen molar-refractivity contribution in [2.45, 2.75) is 38.8 Å². The van der Waals surface area contributed by atoms with Crippen LogP contribution < -0.4 is 11.1 Å². The van der Waals surface area contributed by atoms with Crippen molar-refractivity contribution in [3.05, 3.63) is 0 Å². The summed E-state index contributed by atoms with van der Waals surface area (Å²) >= 11 is 0. The van der Waals surface area contributed by atoms with Crippen LogP contribution in [0.2, 0.25) is 0 Å². The minimum absolute atomic E-state index is 0.121. The number of nitrogens with two attached hydrogens (primary N) is 1. The molecule has 0 aliphatic rings. The second-order valence-corrected chi connectivity index (χ2v) is 4.10. The van der Waals surface area contributed by atoms with E-state index in [4.69, 9.17) is 15.9 Å². The van der Waals surface area contributed by atoms with Crippen molar-refractivity contribution < 1.29 is 24.6 Å². The summed E-state index contributed by atoms with van der Waals surface area (Å²) in [5.74, 6) is -3.09. The van der Waals surface area contributed by atoms with Gasteiger partial charge in [0.1, 0.15) is 6.04 Å². The maximum absolute atomic E-state index is 11.5. The Morgan fingerprint density at radius 1 is 1.24 bits per heavy atom. The fourth-order valence-electron chi connectivity index (χ4n) is 1.10. The maximum Gasteiger partial charge on any atom is 0.326 e. The average Bonchev–Trinajstić information content (AvgIpc) is 2.21. The third-order valence-corrected chi connectivity index (χ3v) is 2.28. The normalized spacial score (nSPS) is 14.1. The van der Waals surface area contributed by atoms with Crippen molar-refractivity contribution >= 4 is 17.8 Å². The van der Waals surface area contributed by atoms with Gasteiger partial charge < -0.3 is 21.3 Å². The fourth-order valence-corrected chi connectivity index (χ4v) is 1.10. The Morgan fingerprint density at radius 2 is 1.76 bits per heavy atom. The predicted octanol–water partition coefficient (Wildman–Crippen LogP) is -0.596. The molecule has 7 nitrogen and oxygen atoms in total. The van der Waals surface area contributed by atoms with Crippen LogP contribution in [-0.2, 0) is 14.4 Å². The van der Waals surface area contributed by atoms with Gasteiger partial charge in [-0.05, 0) is 12.3 Å². The third-order valence-electron chi connectivity index (χ3n) is 2.28. The van der Waals surface area contributed by atoms with Crippen LogP contribution in [0.15, 0.2) is 0 Å². The molecule has 0 rings (SSSR count). The minimum atomic E-state index is -1.27. The Hall–Kier alpha value is -1.63. The molecular formula is C10H18N2O5. The van der Waals surface area contributed by atoms with E-state index in [1.807, 2.05) is 0 Å². The van der Waals surface area contributed by atoms with Gasteiger partial charge in [0.05, 0.1) is 6.04 Å². The van der Waals surface area contributed by atoms with Crippen LogP contribution in [0.3, 0.4) is 0 Å². The lowest BCUT2D eigenvalue weighted by Gasteiger charge is -2.19. The molecule has 98 valence electrons. The summed E-state index contributed by atoms with van der Waals surface area (Å²) in [6.45, 7) is 3.47. The SMILES string of the molecule is CC(C)[C@@H](N)C(=O)NC(CCC(=O)O)C(=O)O. The fraction of sp³-hybridized carbons (Fsp3) is 0.700. The summed E-state index contributed by atoms with van der Waals surface area (Å²) in [6.07, 6.45) is -0.491. The molecule has 1 amide bonds. The van der Waals surface area contributed by atoms with Crippen LogP contribution in [-0.4, -0.2) is 40.1 Å². The first kappa shape index (κ1) is 15.4. The predicted molar refractivity (Wildman–Crippen MR) is 59.2 cm³/mol. The van der Waals surface area contributed by atoms with Gasteiger partial charge in [0.2, 0.25) is 5.91 Å². The number of hydrogen-bond acceptors (Lipinski definition) is 4. The topological polar surface area (TPSA) is 130 Å². The molecule has 0 fully saturated rings. The smallest absolute Gasteiger partial charge is 0.326 e. The number of rotatable bonds is 7. The highest BCUT2D eigenvalue weighted by Gasteiger charge is 2.25. The van der Waals surface area contributed by atoms with Crippen LogP contribution in [0.5, 0.6) is 0 Å². The number of carboxylic acids is 2. The van der Waals surface area contributed by atoms with Gasteiger partial charge in [-0.25, -0.2) is 4.79 Å². The number of amides is 1. The second kappa shape index (κ2) is 6.85. The molecular weight excluding hydrogens is 228 g/mol. The van der Waals surface area contributed by atoms with Gasteiger partial charge in [-0.2, -0.15) is 0 Å². The average molecular weight is 246 g/mol. The van der Waals surface area contributed by atoms with E-state index in [2.05, 4.69) is 5.32 Å². The Balaban J connectivity index is 4.39. The lowest BCUT2D eigenvalue weighted by atomic mass is 10.0. The van der Waals surface area contributed by atoms with Gasteiger partial charge in [-0.15, -0.1) is 0 Å². The number of hydrogen-bond donors (Lipinski definition) is 4. The van der Waals surface area contributed by atoms with E-state index in [9.17, 15) is 14.4 Å². The first-order valence-corrected chi connectivity index (χ1v) is 5.26. The van der Waals surface area contributed by atoms with E-state index in [-0.39, 0.29) is 18.8 Å². The third kappa shape index (κ3) is 5.86. The molecule has 0 saturated carbocycles. The molecule has 0 aromatic carbocycles. The summed E-state index contributed by atoms with van der Waals surface area (Å²) in [5, 5.41) is 19.5. The molecule has 0 aromatic heterocycles. The number of carbonyl (C=O) groups is 3. The van der Waals surface area contributed by atoms with Gasteiger partial charge in [0, 0.05) is 6.42 Å². The highest BCUT2D eigenvalue weighted by molar-refractivity contribution is 5.87. The molecule has 0 aliphatic carbocycles. The molecule has 0 aromatic rings. The van der Waals surface area contributed by atoms with Crippen molar-refractivity contribution in [3.8, 4) is 0 Å². The summed E-state index contributed by atoms with van der Waals surface area (Å²) < 4.78 is 0. The molecule has 0 spiro atoms. The lowest BCUT2D eigenvalue weighted by Crippen LogP contribution is -2.50. The minimum Gasteiger partial charge on any atom is -0.481 e. The summed E-state index contributed by atoms with van der Waals surface area (Å²) in [5.41, 5.74) is 5.54. The second-order valence-electron chi connectivity index (χ2n) is 4.10. The lowest BCUT2D eigenvalue weighted by molar-refractivity contribution is -0.143. The van der Waals surface area contributed by atoms with E-state index in [1.165, 1.54) is 0 Å². The molecule has 0 heterocycles. The first-order valence-electron chi connectivity index (χ1n) is 5.26. The van der Waals surface area contributed by atoms with E-state index in [0.29, 0.717) is 0 Å². The molecule has 0 radical (unpaired) electrons. The molecule has 5 N–H and O–H groups in total. The molecule has 0 saturated heterocycles. The molecule has 1 unspecified atom stereocenters. The van der Waals surface area contributed by atoms with Crippen molar-refractivity contribution in [1.82, 2.24) is 5.32 Å². The highest BCUT2D eigenvalue weighted by Crippen LogP contribution is 2.02. The summed E-state index contributed by atoms with van der Waals surface area (Å²) in [4.78, 5) is 32.6. The van der Waals surface area contributed by atoms with Crippen LogP contribution in [0, 0.1) is 5.92 Å². The molecule has 2 atom stereocenters. The van der Waals surface area contributed by atoms with Crippen molar-refractivity contribution in [3.63, 3.8) is 0 Å². The van der Waals surface area contributed by atoms with Crippen molar-refractivity contribution in [2.75, 3.05) is 0 Å². The number of aliphatic carboxylic acids is 2. The van der Waals surface area contributed by atoms with Crippen LogP contribution in [0.25, 0.3) is 0 Å². The van der Waals surface area contributed by atoms with Gasteiger partial charge in [0.15, 0.2) is 0 Å². The number of carboxylic acid groups (broad SMARTS) is 2. The van der Waals surface area contributed by atoms with Crippen molar-refractivity contribution in [2.24, 2.45) is 11.7 Å². The van der Waals surface area contributed by atoms with Gasteiger partial charge in [-0.1, -0.05) is 13.8 Å². The van der Waals surface area contributed by atoms with Crippen molar-refractivity contribution in [1.29, 1.82) is 0 Å². The Kier molecular flexibility index (Phi) is 6.19. The van der Waals surface area contributed by atoms with E-state index in [0.717, 1.165) is 0 Å². The van der Waals surface area contributed by atoms with Gasteiger partial charge in [0.25, 0.3) is 0 Å². The van der Waals surface area contributed by atoms with E-state index in [1.54, 1.807) is 13.8 Å². The molecule has 7 heteroatoms. The van der Waals surface area contributed by atoms with E-state index >= 15 is 0 Å².